The van der Waals surface area contributed by atoms with Gasteiger partial charge in [0, 0.05) is 43.8 Å². The number of hydrogen-bond acceptors (Lipinski definition) is 5. The molecule has 0 aliphatic carbocycles. The number of rotatable bonds is 4. The average molecular weight is 429 g/mol. The molecule has 0 unspecified atom stereocenters. The van der Waals surface area contributed by atoms with Crippen LogP contribution in [0.1, 0.15) is 12.5 Å². The lowest BCUT2D eigenvalue weighted by molar-refractivity contribution is -0.130. The summed E-state index contributed by atoms with van der Waals surface area (Å²) < 4.78 is 0.963. The van der Waals surface area contributed by atoms with Crippen LogP contribution in [0.15, 0.2) is 42.5 Å². The molecule has 2 aromatic carbocycles. The number of aromatic nitrogens is 1. The molecule has 1 aliphatic heterocycles. The predicted molar refractivity (Wildman–Crippen MR) is 118 cm³/mol. The molecule has 0 radical (unpaired) electrons. The Morgan fingerprint density at radius 3 is 2.66 bits per heavy atom. The van der Waals surface area contributed by atoms with E-state index in [1.807, 2.05) is 47.4 Å². The first-order chi connectivity index (χ1) is 14.0. The Labute approximate surface area is 178 Å². The highest BCUT2D eigenvalue weighted by Crippen LogP contribution is 2.27. The molecule has 0 bridgehead atoms. The summed E-state index contributed by atoms with van der Waals surface area (Å²) in [6.07, 6.45) is 0.362. The molecule has 0 spiro atoms. The van der Waals surface area contributed by atoms with Gasteiger partial charge in [-0.25, -0.2) is 4.98 Å². The smallest absolute Gasteiger partial charge is 0.227 e. The Kier molecular flexibility index (Phi) is 5.69. The zero-order valence-electron chi connectivity index (χ0n) is 16.0. The lowest BCUT2D eigenvalue weighted by atomic mass is 10.1. The summed E-state index contributed by atoms with van der Waals surface area (Å²) in [6, 6.07) is 13.6. The van der Waals surface area contributed by atoms with E-state index >= 15 is 0 Å². The molecule has 8 heteroatoms. The van der Waals surface area contributed by atoms with Gasteiger partial charge in [0.1, 0.15) is 0 Å². The highest BCUT2D eigenvalue weighted by atomic mass is 35.5. The molecule has 1 aromatic heterocycles. The van der Waals surface area contributed by atoms with Gasteiger partial charge in [-0.1, -0.05) is 35.1 Å². The van der Waals surface area contributed by atoms with Crippen LogP contribution in [-0.2, 0) is 16.0 Å². The monoisotopic (exact) mass is 428 g/mol. The van der Waals surface area contributed by atoms with Crippen molar-refractivity contribution in [3.05, 3.63) is 53.1 Å². The minimum atomic E-state index is -0.142. The van der Waals surface area contributed by atoms with Gasteiger partial charge >= 0.3 is 0 Å². The number of piperazine rings is 1. The van der Waals surface area contributed by atoms with Crippen LogP contribution in [0.2, 0.25) is 5.02 Å². The Bertz CT molecular complexity index is 1060. The van der Waals surface area contributed by atoms with Crippen LogP contribution in [0.3, 0.4) is 0 Å². The third-order valence-corrected chi connectivity index (χ3v) is 6.07. The summed E-state index contributed by atoms with van der Waals surface area (Å²) in [5.41, 5.74) is 2.87. The van der Waals surface area contributed by atoms with Crippen LogP contribution >= 0.6 is 22.9 Å². The number of nitrogens with zero attached hydrogens (tertiary/aromatic N) is 3. The third-order valence-electron chi connectivity index (χ3n) is 4.90. The first kappa shape index (κ1) is 19.7. The van der Waals surface area contributed by atoms with E-state index in [1.54, 1.807) is 0 Å². The van der Waals surface area contributed by atoms with E-state index in [4.69, 9.17) is 11.6 Å². The maximum atomic E-state index is 12.8. The van der Waals surface area contributed by atoms with Gasteiger partial charge in [0.25, 0.3) is 0 Å². The molecule has 29 heavy (non-hydrogen) atoms. The molecule has 2 amide bonds. The van der Waals surface area contributed by atoms with Crippen molar-refractivity contribution < 1.29 is 9.59 Å². The van der Waals surface area contributed by atoms with Crippen LogP contribution in [0.25, 0.3) is 10.2 Å². The molecule has 0 saturated carbocycles. The Morgan fingerprint density at radius 2 is 1.93 bits per heavy atom. The van der Waals surface area contributed by atoms with Gasteiger partial charge in [-0.3, -0.25) is 9.59 Å². The zero-order chi connectivity index (χ0) is 20.4. The summed E-state index contributed by atoms with van der Waals surface area (Å²) in [5.74, 6) is -0.0157. The van der Waals surface area contributed by atoms with Gasteiger partial charge in [0.05, 0.1) is 16.6 Å². The topological polar surface area (TPSA) is 65.5 Å². The molecule has 150 valence electrons. The molecule has 2 heterocycles. The molecule has 4 rings (SSSR count). The van der Waals surface area contributed by atoms with E-state index in [9.17, 15) is 9.59 Å². The number of amides is 2. The second-order valence-corrected chi connectivity index (χ2v) is 8.49. The fourth-order valence-electron chi connectivity index (χ4n) is 3.46. The molecule has 3 aromatic rings. The second-order valence-electron chi connectivity index (χ2n) is 7.03. The molecule has 6 nitrogen and oxygen atoms in total. The highest BCUT2D eigenvalue weighted by molar-refractivity contribution is 7.22. The number of benzene rings is 2. The molecule has 0 atom stereocenters. The number of fused-ring (bicyclic) bond motifs is 1. The van der Waals surface area contributed by atoms with Crippen LogP contribution < -0.4 is 10.2 Å². The van der Waals surface area contributed by atoms with Crippen molar-refractivity contribution in [1.29, 1.82) is 0 Å². The normalized spacial score (nSPS) is 14.3. The summed E-state index contributed by atoms with van der Waals surface area (Å²) in [5, 5.41) is 4.01. The van der Waals surface area contributed by atoms with Gasteiger partial charge in [-0.05, 0) is 35.9 Å². The minimum Gasteiger partial charge on any atom is -0.368 e. The van der Waals surface area contributed by atoms with Crippen molar-refractivity contribution >= 4 is 55.8 Å². The molecule has 1 aliphatic rings. The van der Waals surface area contributed by atoms with E-state index in [1.165, 1.54) is 18.3 Å². The number of carbonyl (C=O) groups excluding carboxylic acids is 2. The van der Waals surface area contributed by atoms with Crippen LogP contribution in [0.5, 0.6) is 0 Å². The number of hydrogen-bond donors (Lipinski definition) is 1. The highest BCUT2D eigenvalue weighted by Gasteiger charge is 2.21. The van der Waals surface area contributed by atoms with E-state index in [0.29, 0.717) is 24.6 Å². The maximum absolute atomic E-state index is 12.8. The van der Waals surface area contributed by atoms with Gasteiger partial charge in [0.15, 0.2) is 5.13 Å². The van der Waals surface area contributed by atoms with Crippen molar-refractivity contribution in [2.45, 2.75) is 13.3 Å². The molecule has 1 saturated heterocycles. The minimum absolute atomic E-state index is 0.127. The summed E-state index contributed by atoms with van der Waals surface area (Å²) in [6.45, 7) is 4.43. The van der Waals surface area contributed by atoms with Crippen LogP contribution in [-0.4, -0.2) is 47.9 Å². The second kappa shape index (κ2) is 8.39. The number of anilines is 2. The van der Waals surface area contributed by atoms with Crippen molar-refractivity contribution in [2.75, 3.05) is 36.4 Å². The van der Waals surface area contributed by atoms with Gasteiger partial charge < -0.3 is 15.1 Å². The Balaban J connectivity index is 1.37. The maximum Gasteiger partial charge on any atom is 0.227 e. The van der Waals surface area contributed by atoms with Crippen molar-refractivity contribution in [1.82, 2.24) is 9.88 Å². The average Bonchev–Trinajstić information content (AvgIpc) is 3.09. The first-order valence-electron chi connectivity index (χ1n) is 9.43. The van der Waals surface area contributed by atoms with Crippen molar-refractivity contribution in [3.63, 3.8) is 0 Å². The lowest BCUT2D eigenvalue weighted by Gasteiger charge is -2.36. The number of halogens is 1. The lowest BCUT2D eigenvalue weighted by Crippen LogP contribution is -2.49. The predicted octanol–water partition coefficient (Wildman–Crippen LogP) is 3.80. The zero-order valence-corrected chi connectivity index (χ0v) is 17.6. The number of thiazole rings is 1. The summed E-state index contributed by atoms with van der Waals surface area (Å²) in [7, 11) is 0. The first-order valence-corrected chi connectivity index (χ1v) is 10.6. The standard InChI is InChI=1S/C21H21ClN4O2S/c1-14(27)23-21-24-18-6-5-15(11-19(18)29-21)12-20(28)26-9-7-25(8-10-26)17-4-2-3-16(22)13-17/h2-6,11,13H,7-10,12H2,1H3,(H,23,24,27). The van der Waals surface area contributed by atoms with Crippen molar-refractivity contribution in [2.24, 2.45) is 0 Å². The van der Waals surface area contributed by atoms with E-state index in [0.717, 1.165) is 39.6 Å². The fourth-order valence-corrected chi connectivity index (χ4v) is 4.62. The Hall–Kier alpha value is -2.64. The van der Waals surface area contributed by atoms with Gasteiger partial charge in [-0.2, -0.15) is 0 Å². The third kappa shape index (κ3) is 4.68. The van der Waals surface area contributed by atoms with E-state index in [2.05, 4.69) is 15.2 Å². The van der Waals surface area contributed by atoms with Crippen molar-refractivity contribution in [3.8, 4) is 0 Å². The quantitative estimate of drug-likeness (QED) is 0.686. The number of carbonyl (C=O) groups is 2. The SMILES string of the molecule is CC(=O)Nc1nc2ccc(CC(=O)N3CCN(c4cccc(Cl)c4)CC3)cc2s1. The van der Waals surface area contributed by atoms with Gasteiger partial charge in [-0.15, -0.1) is 0 Å². The van der Waals surface area contributed by atoms with Gasteiger partial charge in [0.2, 0.25) is 11.8 Å². The van der Waals surface area contributed by atoms with E-state index < -0.39 is 0 Å². The summed E-state index contributed by atoms with van der Waals surface area (Å²) >= 11 is 7.50. The van der Waals surface area contributed by atoms with Crippen LogP contribution in [0.4, 0.5) is 10.8 Å². The van der Waals surface area contributed by atoms with E-state index in [-0.39, 0.29) is 11.8 Å². The molecule has 1 fully saturated rings. The molecule has 1 N–H and O–H groups in total. The van der Waals surface area contributed by atoms with Crippen LogP contribution in [0, 0.1) is 0 Å². The Morgan fingerprint density at radius 1 is 1.14 bits per heavy atom. The fraction of sp³-hybridized carbons (Fsp3) is 0.286. The molecular weight excluding hydrogens is 408 g/mol. The summed E-state index contributed by atoms with van der Waals surface area (Å²) in [4.78, 5) is 32.5. The molecular formula is C21H21ClN4O2S. The number of nitrogens with one attached hydrogen (secondary N) is 1. The largest absolute Gasteiger partial charge is 0.368 e.